The van der Waals surface area contributed by atoms with Crippen LogP contribution in [0.25, 0.3) is 0 Å². The number of aromatic nitrogens is 2. The van der Waals surface area contributed by atoms with E-state index in [0.717, 1.165) is 64.5 Å². The van der Waals surface area contributed by atoms with Crippen molar-refractivity contribution in [2.75, 3.05) is 39.4 Å². The highest BCUT2D eigenvalue weighted by molar-refractivity contribution is 5.92. The molecule has 6 nitrogen and oxygen atoms in total. The SMILES string of the molecule is CC[C@H]1CN(C(=O)c2ccnc(C3CC3)n2)C[C@@H]1N1CCOCC1. The van der Waals surface area contributed by atoms with Crippen molar-refractivity contribution in [3.8, 4) is 0 Å². The lowest BCUT2D eigenvalue weighted by Gasteiger charge is -2.34. The fourth-order valence-electron chi connectivity index (χ4n) is 3.94. The average molecular weight is 330 g/mol. The molecule has 0 N–H and O–H groups in total. The zero-order chi connectivity index (χ0) is 16.5. The predicted molar refractivity (Wildman–Crippen MR) is 89.9 cm³/mol. The summed E-state index contributed by atoms with van der Waals surface area (Å²) in [7, 11) is 0. The third-order valence-corrected chi connectivity index (χ3v) is 5.57. The van der Waals surface area contributed by atoms with E-state index < -0.39 is 0 Å². The molecular formula is C18H26N4O2. The van der Waals surface area contributed by atoms with E-state index >= 15 is 0 Å². The number of hydrogen-bond donors (Lipinski definition) is 0. The number of morpholine rings is 1. The van der Waals surface area contributed by atoms with E-state index in [1.54, 1.807) is 12.3 Å². The first-order chi connectivity index (χ1) is 11.8. The number of carbonyl (C=O) groups excluding carboxylic acids is 1. The Bertz CT molecular complexity index is 598. The first-order valence-electron chi connectivity index (χ1n) is 9.20. The van der Waals surface area contributed by atoms with Crippen molar-refractivity contribution in [3.63, 3.8) is 0 Å². The van der Waals surface area contributed by atoms with Gasteiger partial charge >= 0.3 is 0 Å². The molecule has 130 valence electrons. The Hall–Kier alpha value is -1.53. The maximum absolute atomic E-state index is 12.9. The van der Waals surface area contributed by atoms with Crippen LogP contribution in [0.5, 0.6) is 0 Å². The summed E-state index contributed by atoms with van der Waals surface area (Å²) in [6, 6.07) is 2.21. The first-order valence-corrected chi connectivity index (χ1v) is 9.20. The van der Waals surface area contributed by atoms with Crippen molar-refractivity contribution in [2.45, 2.75) is 38.1 Å². The van der Waals surface area contributed by atoms with Gasteiger partial charge in [0.05, 0.1) is 13.2 Å². The van der Waals surface area contributed by atoms with Gasteiger partial charge in [-0.1, -0.05) is 13.3 Å². The van der Waals surface area contributed by atoms with Gasteiger partial charge in [0, 0.05) is 44.3 Å². The summed E-state index contributed by atoms with van der Waals surface area (Å²) >= 11 is 0. The molecule has 24 heavy (non-hydrogen) atoms. The van der Waals surface area contributed by atoms with Gasteiger partial charge in [-0.3, -0.25) is 9.69 Å². The molecule has 3 heterocycles. The summed E-state index contributed by atoms with van der Waals surface area (Å²) in [5.74, 6) is 1.92. The van der Waals surface area contributed by atoms with Crippen molar-refractivity contribution in [2.24, 2.45) is 5.92 Å². The summed E-state index contributed by atoms with van der Waals surface area (Å²) < 4.78 is 5.47. The number of carbonyl (C=O) groups is 1. The minimum absolute atomic E-state index is 0.0634. The van der Waals surface area contributed by atoms with Gasteiger partial charge in [0.25, 0.3) is 5.91 Å². The Morgan fingerprint density at radius 3 is 2.79 bits per heavy atom. The van der Waals surface area contributed by atoms with Crippen LogP contribution in [-0.2, 0) is 4.74 Å². The molecule has 4 rings (SSSR count). The maximum atomic E-state index is 12.9. The Balaban J connectivity index is 1.47. The molecule has 3 aliphatic rings. The second-order valence-electron chi connectivity index (χ2n) is 7.17. The molecule has 0 unspecified atom stereocenters. The van der Waals surface area contributed by atoms with Crippen LogP contribution >= 0.6 is 0 Å². The smallest absolute Gasteiger partial charge is 0.272 e. The van der Waals surface area contributed by atoms with Gasteiger partial charge in [-0.25, -0.2) is 9.97 Å². The molecule has 0 aromatic carbocycles. The van der Waals surface area contributed by atoms with Crippen LogP contribution in [0.1, 0.15) is 48.4 Å². The Kier molecular flexibility index (Phi) is 4.50. The number of ether oxygens (including phenoxy) is 1. The quantitative estimate of drug-likeness (QED) is 0.838. The Morgan fingerprint density at radius 2 is 2.08 bits per heavy atom. The number of hydrogen-bond acceptors (Lipinski definition) is 5. The average Bonchev–Trinajstić information content (AvgIpc) is 3.41. The molecule has 1 aliphatic carbocycles. The Morgan fingerprint density at radius 1 is 1.29 bits per heavy atom. The normalized spacial score (nSPS) is 28.3. The monoisotopic (exact) mass is 330 g/mol. The van der Waals surface area contributed by atoms with Crippen molar-refractivity contribution in [1.82, 2.24) is 19.8 Å². The summed E-state index contributed by atoms with van der Waals surface area (Å²) in [5, 5.41) is 0. The molecule has 2 aliphatic heterocycles. The summed E-state index contributed by atoms with van der Waals surface area (Å²) in [6.45, 7) is 7.42. The van der Waals surface area contributed by atoms with Crippen molar-refractivity contribution in [1.29, 1.82) is 0 Å². The maximum Gasteiger partial charge on any atom is 0.272 e. The molecule has 1 aromatic rings. The minimum atomic E-state index is 0.0634. The van der Waals surface area contributed by atoms with Gasteiger partial charge in [0.1, 0.15) is 11.5 Å². The lowest BCUT2D eigenvalue weighted by atomic mass is 9.99. The van der Waals surface area contributed by atoms with Gasteiger partial charge in [-0.15, -0.1) is 0 Å². The molecule has 1 saturated carbocycles. The van der Waals surface area contributed by atoms with E-state index in [4.69, 9.17) is 4.74 Å². The Labute approximate surface area is 143 Å². The second kappa shape index (κ2) is 6.76. The van der Waals surface area contributed by atoms with Gasteiger partial charge in [-0.2, -0.15) is 0 Å². The highest BCUT2D eigenvalue weighted by atomic mass is 16.5. The first kappa shape index (κ1) is 16.0. The van der Waals surface area contributed by atoms with E-state index in [2.05, 4.69) is 21.8 Å². The van der Waals surface area contributed by atoms with Gasteiger partial charge in [0.15, 0.2) is 0 Å². The van der Waals surface area contributed by atoms with Crippen LogP contribution in [0.4, 0.5) is 0 Å². The van der Waals surface area contributed by atoms with E-state index in [9.17, 15) is 4.79 Å². The lowest BCUT2D eigenvalue weighted by molar-refractivity contribution is 0.0102. The van der Waals surface area contributed by atoms with Crippen LogP contribution in [0.15, 0.2) is 12.3 Å². The van der Waals surface area contributed by atoms with Gasteiger partial charge < -0.3 is 9.64 Å². The minimum Gasteiger partial charge on any atom is -0.379 e. The highest BCUT2D eigenvalue weighted by Crippen LogP contribution is 2.37. The second-order valence-corrected chi connectivity index (χ2v) is 7.17. The van der Waals surface area contributed by atoms with Crippen LogP contribution in [0.3, 0.4) is 0 Å². The van der Waals surface area contributed by atoms with Crippen LogP contribution in [0.2, 0.25) is 0 Å². The lowest BCUT2D eigenvalue weighted by Crippen LogP contribution is -2.47. The summed E-state index contributed by atoms with van der Waals surface area (Å²) in [5.41, 5.74) is 0.560. The molecule has 1 aromatic heterocycles. The van der Waals surface area contributed by atoms with Gasteiger partial charge in [0.2, 0.25) is 0 Å². The van der Waals surface area contributed by atoms with Crippen molar-refractivity contribution < 1.29 is 9.53 Å². The summed E-state index contributed by atoms with van der Waals surface area (Å²) in [6.07, 6.45) is 5.14. The predicted octanol–water partition coefficient (Wildman–Crippen LogP) is 1.54. The van der Waals surface area contributed by atoms with E-state index in [0.29, 0.717) is 23.6 Å². The summed E-state index contributed by atoms with van der Waals surface area (Å²) in [4.78, 5) is 26.3. The molecule has 6 heteroatoms. The molecule has 0 radical (unpaired) electrons. The molecule has 3 fully saturated rings. The zero-order valence-electron chi connectivity index (χ0n) is 14.4. The zero-order valence-corrected chi connectivity index (χ0v) is 14.4. The van der Waals surface area contributed by atoms with E-state index in [1.165, 1.54) is 0 Å². The largest absolute Gasteiger partial charge is 0.379 e. The highest BCUT2D eigenvalue weighted by Gasteiger charge is 2.38. The van der Waals surface area contributed by atoms with E-state index in [-0.39, 0.29) is 5.91 Å². The molecular weight excluding hydrogens is 304 g/mol. The molecule has 0 spiro atoms. The van der Waals surface area contributed by atoms with Crippen molar-refractivity contribution >= 4 is 5.91 Å². The molecule has 1 amide bonds. The van der Waals surface area contributed by atoms with Crippen LogP contribution < -0.4 is 0 Å². The topological polar surface area (TPSA) is 58.6 Å². The number of likely N-dealkylation sites (tertiary alicyclic amines) is 1. The fraction of sp³-hybridized carbons (Fsp3) is 0.722. The molecule has 2 saturated heterocycles. The standard InChI is InChI=1S/C18H26N4O2/c1-2-13-11-22(12-16(13)21-7-9-24-10-8-21)18(23)15-5-6-19-17(20-15)14-3-4-14/h5-6,13-14,16H,2-4,7-12H2,1H3/t13-,16-/m0/s1. The van der Waals surface area contributed by atoms with Crippen molar-refractivity contribution in [3.05, 3.63) is 23.8 Å². The number of amides is 1. The third-order valence-electron chi connectivity index (χ3n) is 5.57. The number of nitrogens with zero attached hydrogens (tertiary/aromatic N) is 4. The van der Waals surface area contributed by atoms with Crippen LogP contribution in [0, 0.1) is 5.92 Å². The van der Waals surface area contributed by atoms with E-state index in [1.807, 2.05) is 4.90 Å². The molecule has 0 bridgehead atoms. The molecule has 2 atom stereocenters. The van der Waals surface area contributed by atoms with Gasteiger partial charge in [-0.05, 0) is 24.8 Å². The van der Waals surface area contributed by atoms with Crippen LogP contribution in [-0.4, -0.2) is 71.1 Å². The third kappa shape index (κ3) is 3.17. The number of rotatable bonds is 4. The fourth-order valence-corrected chi connectivity index (χ4v) is 3.94.